The smallest absolute Gasteiger partial charge is 0.211 e. The fourth-order valence-electron chi connectivity index (χ4n) is 2.01. The molecule has 5 heteroatoms. The van der Waals surface area contributed by atoms with Crippen LogP contribution < -0.4 is 10.0 Å². The summed E-state index contributed by atoms with van der Waals surface area (Å²) in [5, 5.41) is 3.13. The van der Waals surface area contributed by atoms with Crippen molar-refractivity contribution in [1.82, 2.24) is 10.0 Å². The van der Waals surface area contributed by atoms with Crippen molar-refractivity contribution < 1.29 is 8.42 Å². The average molecular weight is 262 g/mol. The van der Waals surface area contributed by atoms with Crippen molar-refractivity contribution in [3.8, 4) is 0 Å². The molecule has 1 aliphatic rings. The van der Waals surface area contributed by atoms with Gasteiger partial charge in [0.1, 0.15) is 0 Å². The van der Waals surface area contributed by atoms with E-state index in [2.05, 4.69) is 23.9 Å². The maximum Gasteiger partial charge on any atom is 0.211 e. The molecule has 0 bridgehead atoms. The molecule has 0 spiro atoms. The van der Waals surface area contributed by atoms with Crippen LogP contribution in [0, 0.1) is 11.3 Å². The highest BCUT2D eigenvalue weighted by atomic mass is 32.2. The molecular weight excluding hydrogens is 236 g/mol. The topological polar surface area (TPSA) is 58.2 Å². The predicted octanol–water partition coefficient (Wildman–Crippen LogP) is 1.34. The van der Waals surface area contributed by atoms with Crippen molar-refractivity contribution in [3.05, 3.63) is 0 Å². The van der Waals surface area contributed by atoms with E-state index in [9.17, 15) is 8.42 Å². The van der Waals surface area contributed by atoms with Crippen LogP contribution in [0.25, 0.3) is 0 Å². The molecule has 1 rings (SSSR count). The van der Waals surface area contributed by atoms with Crippen molar-refractivity contribution in [2.24, 2.45) is 11.3 Å². The third-order valence-electron chi connectivity index (χ3n) is 3.78. The minimum absolute atomic E-state index is 0.230. The highest BCUT2D eigenvalue weighted by Gasteiger charge is 2.45. The van der Waals surface area contributed by atoms with E-state index in [-0.39, 0.29) is 11.2 Å². The first-order valence-corrected chi connectivity index (χ1v) is 8.25. The van der Waals surface area contributed by atoms with Gasteiger partial charge in [0.05, 0.1) is 5.75 Å². The molecular formula is C12H26N2O2S. The summed E-state index contributed by atoms with van der Waals surface area (Å²) in [4.78, 5) is 0. The Bertz CT molecular complexity index is 321. The Hall–Kier alpha value is -0.130. The Kier molecular flexibility index (Phi) is 5.41. The van der Waals surface area contributed by atoms with E-state index in [1.54, 1.807) is 0 Å². The lowest BCUT2D eigenvalue weighted by Crippen LogP contribution is -2.34. The predicted molar refractivity (Wildman–Crippen MR) is 71.5 cm³/mol. The second kappa shape index (κ2) is 6.16. The summed E-state index contributed by atoms with van der Waals surface area (Å²) in [6.07, 6.45) is 2.99. The minimum Gasteiger partial charge on any atom is -0.317 e. The number of rotatable bonds is 9. The Morgan fingerprint density at radius 1 is 1.29 bits per heavy atom. The van der Waals surface area contributed by atoms with Crippen molar-refractivity contribution in [1.29, 1.82) is 0 Å². The van der Waals surface area contributed by atoms with Crippen LogP contribution in [0.15, 0.2) is 0 Å². The molecule has 0 aromatic heterocycles. The summed E-state index contributed by atoms with van der Waals surface area (Å²) in [5.41, 5.74) is 0.245. The number of hydrogen-bond donors (Lipinski definition) is 2. The normalized spacial score (nSPS) is 18.6. The fourth-order valence-corrected chi connectivity index (χ4v) is 3.18. The van der Waals surface area contributed by atoms with Crippen LogP contribution in [-0.2, 0) is 10.0 Å². The Balaban J connectivity index is 2.25. The molecule has 0 aromatic carbocycles. The number of hydrogen-bond acceptors (Lipinski definition) is 3. The van der Waals surface area contributed by atoms with Crippen LogP contribution in [0.1, 0.15) is 40.0 Å². The first-order valence-electron chi connectivity index (χ1n) is 6.60. The highest BCUT2D eigenvalue weighted by molar-refractivity contribution is 7.89. The van der Waals surface area contributed by atoms with Gasteiger partial charge in [0, 0.05) is 6.54 Å². The van der Waals surface area contributed by atoms with E-state index in [1.165, 1.54) is 0 Å². The molecule has 0 unspecified atom stereocenters. The van der Waals surface area contributed by atoms with Crippen molar-refractivity contribution in [2.75, 3.05) is 25.4 Å². The first kappa shape index (κ1) is 14.9. The summed E-state index contributed by atoms with van der Waals surface area (Å²) >= 11 is 0. The van der Waals surface area contributed by atoms with E-state index in [0.717, 1.165) is 25.9 Å². The maximum atomic E-state index is 11.8. The van der Waals surface area contributed by atoms with Gasteiger partial charge in [-0.1, -0.05) is 20.8 Å². The van der Waals surface area contributed by atoms with Crippen LogP contribution in [0.2, 0.25) is 0 Å². The van der Waals surface area contributed by atoms with Gasteiger partial charge in [-0.3, -0.25) is 0 Å². The third-order valence-corrected chi connectivity index (χ3v) is 5.19. The average Bonchev–Trinajstić information content (AvgIpc) is 3.03. The molecule has 0 radical (unpaired) electrons. The Morgan fingerprint density at radius 2 is 1.94 bits per heavy atom. The first-order chi connectivity index (χ1) is 7.92. The van der Waals surface area contributed by atoms with Crippen LogP contribution in [0.3, 0.4) is 0 Å². The van der Waals surface area contributed by atoms with Crippen LogP contribution >= 0.6 is 0 Å². The van der Waals surface area contributed by atoms with Gasteiger partial charge in [-0.2, -0.15) is 0 Å². The van der Waals surface area contributed by atoms with Crippen LogP contribution in [-0.4, -0.2) is 33.8 Å². The van der Waals surface area contributed by atoms with Gasteiger partial charge in [0.15, 0.2) is 0 Å². The Labute approximate surface area is 106 Å². The molecule has 2 N–H and O–H groups in total. The highest BCUT2D eigenvalue weighted by Crippen LogP contribution is 2.51. The lowest BCUT2D eigenvalue weighted by molar-refractivity contribution is 0.357. The van der Waals surface area contributed by atoms with Gasteiger partial charge in [-0.15, -0.1) is 0 Å². The number of sulfonamides is 1. The summed E-state index contributed by atoms with van der Waals surface area (Å²) in [7, 11) is -3.08. The molecule has 0 aromatic rings. The minimum atomic E-state index is -3.08. The van der Waals surface area contributed by atoms with Crippen LogP contribution in [0.5, 0.6) is 0 Å². The second-order valence-corrected chi connectivity index (χ2v) is 7.29. The van der Waals surface area contributed by atoms with E-state index < -0.39 is 10.0 Å². The molecule has 1 aliphatic carbocycles. The maximum absolute atomic E-state index is 11.8. The van der Waals surface area contributed by atoms with Gasteiger partial charge in [-0.25, -0.2) is 13.1 Å². The molecule has 1 fully saturated rings. The standard InChI is InChI=1S/C12H26N2O2S/c1-4-13-8-5-9-17(15,16)14-10-12(6-7-12)11(2)3/h11,13-14H,4-10H2,1-3H3. The quantitative estimate of drug-likeness (QED) is 0.617. The summed E-state index contributed by atoms with van der Waals surface area (Å²) < 4.78 is 26.3. The third kappa shape index (κ3) is 4.94. The molecule has 102 valence electrons. The molecule has 0 amide bonds. The summed E-state index contributed by atoms with van der Waals surface area (Å²) in [6, 6.07) is 0. The van der Waals surface area contributed by atoms with Crippen molar-refractivity contribution in [2.45, 2.75) is 40.0 Å². The summed E-state index contributed by atoms with van der Waals surface area (Å²) in [6.45, 7) is 8.65. The molecule has 4 nitrogen and oxygen atoms in total. The number of nitrogens with one attached hydrogen (secondary N) is 2. The molecule has 0 aliphatic heterocycles. The van der Waals surface area contributed by atoms with Crippen molar-refractivity contribution in [3.63, 3.8) is 0 Å². The lowest BCUT2D eigenvalue weighted by atomic mass is 9.93. The fraction of sp³-hybridized carbons (Fsp3) is 1.00. The second-order valence-electron chi connectivity index (χ2n) is 5.36. The van der Waals surface area contributed by atoms with E-state index >= 15 is 0 Å². The van der Waals surface area contributed by atoms with Gasteiger partial charge in [0.2, 0.25) is 10.0 Å². The monoisotopic (exact) mass is 262 g/mol. The van der Waals surface area contributed by atoms with Crippen LogP contribution in [0.4, 0.5) is 0 Å². The molecule has 0 atom stereocenters. The SMILES string of the molecule is CCNCCCS(=O)(=O)NCC1(C(C)C)CC1. The van der Waals surface area contributed by atoms with Crippen molar-refractivity contribution >= 4 is 10.0 Å². The van der Waals surface area contributed by atoms with Gasteiger partial charge >= 0.3 is 0 Å². The van der Waals surface area contributed by atoms with Gasteiger partial charge in [-0.05, 0) is 43.7 Å². The Morgan fingerprint density at radius 3 is 2.41 bits per heavy atom. The van der Waals surface area contributed by atoms with Gasteiger partial charge in [0.25, 0.3) is 0 Å². The van der Waals surface area contributed by atoms with E-state index in [0.29, 0.717) is 18.9 Å². The van der Waals surface area contributed by atoms with Gasteiger partial charge < -0.3 is 5.32 Å². The molecule has 17 heavy (non-hydrogen) atoms. The molecule has 1 saturated carbocycles. The van der Waals surface area contributed by atoms with E-state index in [4.69, 9.17) is 0 Å². The molecule has 0 saturated heterocycles. The largest absolute Gasteiger partial charge is 0.317 e. The molecule has 0 heterocycles. The zero-order valence-electron chi connectivity index (χ0n) is 11.3. The summed E-state index contributed by atoms with van der Waals surface area (Å²) in [5.74, 6) is 0.792. The van der Waals surface area contributed by atoms with E-state index in [1.807, 2.05) is 6.92 Å². The zero-order chi connectivity index (χ0) is 12.9. The zero-order valence-corrected chi connectivity index (χ0v) is 12.1. The lowest BCUT2D eigenvalue weighted by Gasteiger charge is -2.19.